The largest absolute Gasteiger partial charge is 0.493 e. The SMILES string of the molecule is COc1cc2c(cc1OC)C(c1cccs1)N(C(=O)c1ccc(-n3ccnc3)c([N+](=O)[O-])c1)CC2. The van der Waals surface area contributed by atoms with E-state index < -0.39 is 4.92 Å². The zero-order valence-electron chi connectivity index (χ0n) is 19.1. The number of ether oxygens (including phenoxy) is 2. The molecule has 1 aliphatic heterocycles. The van der Waals surface area contributed by atoms with E-state index in [1.54, 1.807) is 59.5 Å². The van der Waals surface area contributed by atoms with E-state index in [-0.39, 0.29) is 23.2 Å². The molecule has 0 saturated carbocycles. The third-order valence-electron chi connectivity index (χ3n) is 6.15. The highest BCUT2D eigenvalue weighted by Gasteiger charge is 2.35. The van der Waals surface area contributed by atoms with Crippen molar-refractivity contribution in [3.63, 3.8) is 0 Å². The van der Waals surface area contributed by atoms with Gasteiger partial charge in [0.25, 0.3) is 11.6 Å². The lowest BCUT2D eigenvalue weighted by atomic mass is 9.90. The van der Waals surface area contributed by atoms with Crippen LogP contribution in [0.2, 0.25) is 0 Å². The number of fused-ring (bicyclic) bond motifs is 1. The normalized spacial score (nSPS) is 14.9. The number of rotatable bonds is 6. The predicted molar refractivity (Wildman–Crippen MR) is 131 cm³/mol. The second kappa shape index (κ2) is 9.22. The number of methoxy groups -OCH3 is 2. The molecular formula is C25H22N4O5S. The molecule has 0 aliphatic carbocycles. The summed E-state index contributed by atoms with van der Waals surface area (Å²) in [5, 5.41) is 13.8. The molecule has 0 radical (unpaired) electrons. The summed E-state index contributed by atoms with van der Waals surface area (Å²) < 4.78 is 12.6. The van der Waals surface area contributed by atoms with Crippen LogP contribution in [0, 0.1) is 10.1 Å². The fraction of sp³-hybridized carbons (Fsp3) is 0.200. The number of hydrogen-bond acceptors (Lipinski definition) is 7. The minimum absolute atomic E-state index is 0.162. The van der Waals surface area contributed by atoms with Crippen molar-refractivity contribution in [1.82, 2.24) is 14.5 Å². The van der Waals surface area contributed by atoms with Crippen molar-refractivity contribution >= 4 is 22.9 Å². The maximum atomic E-state index is 13.8. The van der Waals surface area contributed by atoms with Crippen LogP contribution in [0.25, 0.3) is 5.69 Å². The lowest BCUT2D eigenvalue weighted by Gasteiger charge is -2.37. The summed E-state index contributed by atoms with van der Waals surface area (Å²) in [6.45, 7) is 0.459. The molecule has 1 aliphatic rings. The maximum Gasteiger partial charge on any atom is 0.294 e. The van der Waals surface area contributed by atoms with Gasteiger partial charge in [-0.2, -0.15) is 0 Å². The molecule has 3 heterocycles. The Balaban J connectivity index is 1.58. The van der Waals surface area contributed by atoms with Crippen molar-refractivity contribution in [3.8, 4) is 17.2 Å². The lowest BCUT2D eigenvalue weighted by molar-refractivity contribution is -0.384. The van der Waals surface area contributed by atoms with Gasteiger partial charge in [-0.1, -0.05) is 6.07 Å². The van der Waals surface area contributed by atoms with E-state index in [4.69, 9.17) is 9.47 Å². The summed E-state index contributed by atoms with van der Waals surface area (Å²) in [6, 6.07) is 12.0. The summed E-state index contributed by atoms with van der Waals surface area (Å²) in [7, 11) is 3.18. The molecule has 10 heteroatoms. The Morgan fingerprint density at radius 2 is 1.97 bits per heavy atom. The highest BCUT2D eigenvalue weighted by Crippen LogP contribution is 2.43. The molecular weight excluding hydrogens is 468 g/mol. The van der Waals surface area contributed by atoms with E-state index in [1.807, 2.05) is 29.6 Å². The molecule has 5 rings (SSSR count). The second-order valence-corrected chi connectivity index (χ2v) is 8.98. The zero-order chi connectivity index (χ0) is 24.5. The van der Waals surface area contributed by atoms with Crippen LogP contribution in [-0.2, 0) is 6.42 Å². The number of benzene rings is 2. The first kappa shape index (κ1) is 22.6. The summed E-state index contributed by atoms with van der Waals surface area (Å²) in [6.07, 6.45) is 5.28. The number of carbonyl (C=O) groups excluding carboxylic acids is 1. The number of carbonyl (C=O) groups is 1. The third kappa shape index (κ3) is 4.01. The quantitative estimate of drug-likeness (QED) is 0.288. The van der Waals surface area contributed by atoms with E-state index in [2.05, 4.69) is 4.98 Å². The van der Waals surface area contributed by atoms with Crippen molar-refractivity contribution in [3.05, 3.63) is 98.2 Å². The van der Waals surface area contributed by atoms with Crippen LogP contribution in [0.4, 0.5) is 5.69 Å². The van der Waals surface area contributed by atoms with E-state index >= 15 is 0 Å². The molecule has 35 heavy (non-hydrogen) atoms. The number of aromatic nitrogens is 2. The Morgan fingerprint density at radius 1 is 1.17 bits per heavy atom. The first-order chi connectivity index (χ1) is 17.0. The number of amides is 1. The predicted octanol–water partition coefficient (Wildman–Crippen LogP) is 4.65. The molecule has 2 aromatic heterocycles. The molecule has 1 unspecified atom stereocenters. The Labute approximate surface area is 205 Å². The van der Waals surface area contributed by atoms with Gasteiger partial charge >= 0.3 is 0 Å². The number of thiophene rings is 1. The summed E-state index contributed by atoms with van der Waals surface area (Å²) in [4.78, 5) is 31.9. The fourth-order valence-electron chi connectivity index (χ4n) is 4.51. The number of nitrogens with zero attached hydrogens (tertiary/aromatic N) is 4. The minimum Gasteiger partial charge on any atom is -0.493 e. The van der Waals surface area contributed by atoms with E-state index in [0.717, 1.165) is 16.0 Å². The van der Waals surface area contributed by atoms with Crippen molar-refractivity contribution in [2.45, 2.75) is 12.5 Å². The molecule has 0 fully saturated rings. The summed E-state index contributed by atoms with van der Waals surface area (Å²) >= 11 is 1.56. The molecule has 178 valence electrons. The Morgan fingerprint density at radius 3 is 2.63 bits per heavy atom. The van der Waals surface area contributed by atoms with Gasteiger partial charge in [0.15, 0.2) is 11.5 Å². The van der Waals surface area contributed by atoms with Gasteiger partial charge < -0.3 is 18.9 Å². The minimum atomic E-state index is -0.481. The molecule has 0 saturated heterocycles. The van der Waals surface area contributed by atoms with Crippen LogP contribution >= 0.6 is 11.3 Å². The van der Waals surface area contributed by atoms with Gasteiger partial charge in [0.1, 0.15) is 5.69 Å². The standard InChI is InChI=1S/C25H22N4O5S/c1-33-21-13-16-7-9-28(24(23-4-3-11-35-23)18(16)14-22(21)34-2)25(30)17-5-6-19(20(12-17)29(31)32)27-10-8-26-15-27/h3-6,8,10-15,24H,7,9H2,1-2H3. The van der Waals surface area contributed by atoms with Crippen LogP contribution in [0.1, 0.15) is 32.4 Å². The number of nitro benzene ring substituents is 1. The lowest BCUT2D eigenvalue weighted by Crippen LogP contribution is -2.40. The average Bonchev–Trinajstić information content (AvgIpc) is 3.61. The molecule has 0 N–H and O–H groups in total. The van der Waals surface area contributed by atoms with Gasteiger partial charge in [0.2, 0.25) is 0 Å². The Kier molecular flexibility index (Phi) is 5.96. The number of imidazole rings is 1. The molecule has 9 nitrogen and oxygen atoms in total. The summed E-state index contributed by atoms with van der Waals surface area (Å²) in [5.74, 6) is 0.952. The molecule has 0 spiro atoms. The fourth-order valence-corrected chi connectivity index (χ4v) is 5.36. The van der Waals surface area contributed by atoms with E-state index in [9.17, 15) is 14.9 Å². The number of nitro groups is 1. The Hall–Kier alpha value is -4.18. The highest BCUT2D eigenvalue weighted by atomic mass is 32.1. The van der Waals surface area contributed by atoms with Gasteiger partial charge in [0, 0.05) is 35.4 Å². The van der Waals surface area contributed by atoms with Gasteiger partial charge in [0.05, 0.1) is 31.5 Å². The van der Waals surface area contributed by atoms with Crippen molar-refractivity contribution in [2.75, 3.05) is 20.8 Å². The third-order valence-corrected chi connectivity index (χ3v) is 7.07. The molecule has 2 aromatic carbocycles. The molecule has 1 atom stereocenters. The first-order valence-corrected chi connectivity index (χ1v) is 11.8. The maximum absolute atomic E-state index is 13.8. The van der Waals surface area contributed by atoms with E-state index in [0.29, 0.717) is 30.2 Å². The molecule has 0 bridgehead atoms. The van der Waals surface area contributed by atoms with Gasteiger partial charge in [-0.3, -0.25) is 14.9 Å². The van der Waals surface area contributed by atoms with Crippen LogP contribution in [0.5, 0.6) is 11.5 Å². The first-order valence-electron chi connectivity index (χ1n) is 10.9. The van der Waals surface area contributed by atoms with Crippen LogP contribution < -0.4 is 9.47 Å². The molecule has 4 aromatic rings. The summed E-state index contributed by atoms with van der Waals surface area (Å²) in [5.41, 5.74) is 2.47. The smallest absolute Gasteiger partial charge is 0.294 e. The zero-order valence-corrected chi connectivity index (χ0v) is 19.9. The number of hydrogen-bond donors (Lipinski definition) is 0. The average molecular weight is 491 g/mol. The van der Waals surface area contributed by atoms with Gasteiger partial charge in [-0.25, -0.2) is 4.98 Å². The van der Waals surface area contributed by atoms with Crippen molar-refractivity contribution in [2.24, 2.45) is 0 Å². The van der Waals surface area contributed by atoms with Crippen molar-refractivity contribution in [1.29, 1.82) is 0 Å². The van der Waals surface area contributed by atoms with E-state index in [1.165, 1.54) is 12.4 Å². The topological polar surface area (TPSA) is 99.7 Å². The Bertz CT molecular complexity index is 1390. The van der Waals surface area contributed by atoms with Crippen LogP contribution in [0.3, 0.4) is 0 Å². The van der Waals surface area contributed by atoms with Crippen molar-refractivity contribution < 1.29 is 19.2 Å². The highest BCUT2D eigenvalue weighted by molar-refractivity contribution is 7.10. The monoisotopic (exact) mass is 490 g/mol. The van der Waals surface area contributed by atoms with Gasteiger partial charge in [-0.15, -0.1) is 11.3 Å². The molecule has 1 amide bonds. The second-order valence-electron chi connectivity index (χ2n) is 8.00. The van der Waals surface area contributed by atoms with Crippen LogP contribution in [0.15, 0.2) is 66.6 Å². The van der Waals surface area contributed by atoms with Gasteiger partial charge in [-0.05, 0) is 53.3 Å². The van der Waals surface area contributed by atoms with Crippen LogP contribution in [-0.4, -0.2) is 46.0 Å².